The monoisotopic (exact) mass is 463 g/mol. The topological polar surface area (TPSA) is 95.5 Å². The molecule has 0 radical (unpaired) electrons. The molecule has 3 rings (SSSR count). The first-order valence-corrected chi connectivity index (χ1v) is 10.7. The number of urea groups is 1. The molecule has 1 aliphatic heterocycles. The Morgan fingerprint density at radius 1 is 1.06 bits per heavy atom. The highest BCUT2D eigenvalue weighted by atomic mass is 19.4. The molecule has 2 heterocycles. The lowest BCUT2D eigenvalue weighted by atomic mass is 10.1. The van der Waals surface area contributed by atoms with Crippen LogP contribution in [0.5, 0.6) is 0 Å². The van der Waals surface area contributed by atoms with Gasteiger partial charge in [-0.2, -0.15) is 13.2 Å². The molecule has 8 nitrogen and oxygen atoms in total. The first-order chi connectivity index (χ1) is 15.7. The standard InChI is InChI=1S/C22H24F3N5O3/c1-2-3-6-12-26-19(31)17-10-11-18(28-27-17)29-13-7-14-30(21(29)33)20(32)15-8-4-5-9-16(15)22(23,24)25/h4-5,8-11H,2-3,6-7,12-14H2,1H3,(H,26,31). The molecule has 0 unspecified atom stereocenters. The number of hydrogen-bond donors (Lipinski definition) is 1. The maximum absolute atomic E-state index is 13.3. The lowest BCUT2D eigenvalue weighted by Gasteiger charge is -2.33. The zero-order chi connectivity index (χ0) is 24.0. The van der Waals surface area contributed by atoms with E-state index in [0.29, 0.717) is 13.0 Å². The molecule has 2 aromatic rings. The Morgan fingerprint density at radius 3 is 2.48 bits per heavy atom. The Kier molecular flexibility index (Phi) is 7.62. The van der Waals surface area contributed by atoms with Gasteiger partial charge in [0.25, 0.3) is 11.8 Å². The van der Waals surface area contributed by atoms with Gasteiger partial charge in [0.2, 0.25) is 0 Å². The maximum atomic E-state index is 13.3. The fraction of sp³-hybridized carbons (Fsp3) is 0.409. The van der Waals surface area contributed by atoms with E-state index in [4.69, 9.17) is 0 Å². The van der Waals surface area contributed by atoms with Crippen molar-refractivity contribution in [3.63, 3.8) is 0 Å². The summed E-state index contributed by atoms with van der Waals surface area (Å²) in [6.07, 6.45) is -1.53. The number of hydrogen-bond acceptors (Lipinski definition) is 5. The Hall–Kier alpha value is -3.50. The van der Waals surface area contributed by atoms with Crippen LogP contribution < -0.4 is 10.2 Å². The summed E-state index contributed by atoms with van der Waals surface area (Å²) in [4.78, 5) is 39.8. The van der Waals surface area contributed by atoms with Crippen molar-refractivity contribution in [2.24, 2.45) is 0 Å². The molecule has 1 aromatic heterocycles. The van der Waals surface area contributed by atoms with Gasteiger partial charge in [0, 0.05) is 19.6 Å². The molecule has 1 fully saturated rings. The third-order valence-corrected chi connectivity index (χ3v) is 5.16. The second-order valence-corrected chi connectivity index (χ2v) is 7.53. The van der Waals surface area contributed by atoms with Gasteiger partial charge in [0.1, 0.15) is 0 Å². The van der Waals surface area contributed by atoms with Crippen LogP contribution >= 0.6 is 0 Å². The summed E-state index contributed by atoms with van der Waals surface area (Å²) in [6, 6.07) is 6.37. The molecular weight excluding hydrogens is 439 g/mol. The van der Waals surface area contributed by atoms with Crippen LogP contribution in [0.3, 0.4) is 0 Å². The van der Waals surface area contributed by atoms with E-state index in [-0.39, 0.29) is 24.6 Å². The molecule has 0 bridgehead atoms. The number of anilines is 1. The molecule has 0 aliphatic carbocycles. The molecule has 33 heavy (non-hydrogen) atoms. The number of alkyl halides is 3. The maximum Gasteiger partial charge on any atom is 0.417 e. The first-order valence-electron chi connectivity index (χ1n) is 10.7. The summed E-state index contributed by atoms with van der Waals surface area (Å²) in [5.74, 6) is -1.33. The van der Waals surface area contributed by atoms with Gasteiger partial charge in [0.15, 0.2) is 11.5 Å². The normalized spacial score (nSPS) is 14.4. The summed E-state index contributed by atoms with van der Waals surface area (Å²) in [5, 5.41) is 10.5. The van der Waals surface area contributed by atoms with E-state index >= 15 is 0 Å². The van der Waals surface area contributed by atoms with E-state index in [2.05, 4.69) is 22.4 Å². The molecule has 11 heteroatoms. The molecule has 1 aromatic carbocycles. The van der Waals surface area contributed by atoms with E-state index < -0.39 is 35.1 Å². The van der Waals surface area contributed by atoms with Crippen molar-refractivity contribution in [2.45, 2.75) is 38.8 Å². The van der Waals surface area contributed by atoms with E-state index in [1.54, 1.807) is 0 Å². The summed E-state index contributed by atoms with van der Waals surface area (Å²) in [7, 11) is 0. The molecule has 0 saturated carbocycles. The first kappa shape index (κ1) is 24.1. The Balaban J connectivity index is 1.73. The summed E-state index contributed by atoms with van der Waals surface area (Å²) in [5.41, 5.74) is -1.62. The molecule has 1 saturated heterocycles. The van der Waals surface area contributed by atoms with Crippen molar-refractivity contribution in [2.75, 3.05) is 24.5 Å². The lowest BCUT2D eigenvalue weighted by molar-refractivity contribution is -0.138. The lowest BCUT2D eigenvalue weighted by Crippen LogP contribution is -2.52. The van der Waals surface area contributed by atoms with Crippen LogP contribution in [0.1, 0.15) is 59.0 Å². The molecular formula is C22H24F3N5O3. The summed E-state index contributed by atoms with van der Waals surface area (Å²) in [6.45, 7) is 2.75. The van der Waals surface area contributed by atoms with Crippen molar-refractivity contribution in [3.8, 4) is 0 Å². The minimum Gasteiger partial charge on any atom is -0.351 e. The summed E-state index contributed by atoms with van der Waals surface area (Å²) < 4.78 is 40.0. The number of unbranched alkanes of at least 4 members (excludes halogenated alkanes) is 2. The largest absolute Gasteiger partial charge is 0.417 e. The number of carbonyl (C=O) groups excluding carboxylic acids is 3. The molecule has 1 aliphatic rings. The Morgan fingerprint density at radius 2 is 1.82 bits per heavy atom. The predicted molar refractivity (Wildman–Crippen MR) is 114 cm³/mol. The van der Waals surface area contributed by atoms with Crippen LogP contribution in [0.15, 0.2) is 36.4 Å². The van der Waals surface area contributed by atoms with Crippen LogP contribution in [0.4, 0.5) is 23.8 Å². The fourth-order valence-electron chi connectivity index (χ4n) is 3.44. The van der Waals surface area contributed by atoms with Crippen LogP contribution in [-0.2, 0) is 6.18 Å². The van der Waals surface area contributed by atoms with Gasteiger partial charge >= 0.3 is 12.2 Å². The zero-order valence-corrected chi connectivity index (χ0v) is 18.1. The molecule has 0 spiro atoms. The van der Waals surface area contributed by atoms with Crippen LogP contribution in [0.2, 0.25) is 0 Å². The average Bonchev–Trinajstić information content (AvgIpc) is 2.81. The SMILES string of the molecule is CCCCCNC(=O)c1ccc(N2CCCN(C(=O)c3ccccc3C(F)(F)F)C2=O)nn1. The van der Waals surface area contributed by atoms with Crippen LogP contribution in [0.25, 0.3) is 0 Å². The van der Waals surface area contributed by atoms with Crippen molar-refractivity contribution in [3.05, 3.63) is 53.2 Å². The van der Waals surface area contributed by atoms with Gasteiger partial charge in [-0.3, -0.25) is 19.4 Å². The van der Waals surface area contributed by atoms with E-state index in [1.165, 1.54) is 24.3 Å². The second kappa shape index (κ2) is 10.4. The number of benzene rings is 1. The van der Waals surface area contributed by atoms with Gasteiger partial charge in [-0.25, -0.2) is 4.79 Å². The van der Waals surface area contributed by atoms with Crippen LogP contribution in [-0.4, -0.2) is 52.6 Å². The predicted octanol–water partition coefficient (Wildman–Crippen LogP) is 3.89. The number of nitrogens with one attached hydrogen (secondary N) is 1. The molecule has 1 N–H and O–H groups in total. The van der Waals surface area contributed by atoms with Gasteiger partial charge in [-0.15, -0.1) is 10.2 Å². The van der Waals surface area contributed by atoms with Gasteiger partial charge < -0.3 is 5.32 Å². The minimum atomic E-state index is -4.73. The van der Waals surface area contributed by atoms with Gasteiger partial charge in [-0.1, -0.05) is 31.9 Å². The molecule has 4 amide bonds. The molecule has 176 valence electrons. The highest BCUT2D eigenvalue weighted by Crippen LogP contribution is 2.33. The summed E-state index contributed by atoms with van der Waals surface area (Å²) >= 11 is 0. The van der Waals surface area contributed by atoms with Crippen molar-refractivity contribution in [1.82, 2.24) is 20.4 Å². The van der Waals surface area contributed by atoms with Crippen molar-refractivity contribution < 1.29 is 27.6 Å². The van der Waals surface area contributed by atoms with Crippen molar-refractivity contribution >= 4 is 23.7 Å². The number of imide groups is 1. The number of rotatable bonds is 7. The Bertz CT molecular complexity index is 1010. The third-order valence-electron chi connectivity index (χ3n) is 5.16. The number of halogens is 3. The second-order valence-electron chi connectivity index (χ2n) is 7.53. The smallest absolute Gasteiger partial charge is 0.351 e. The zero-order valence-electron chi connectivity index (χ0n) is 18.1. The Labute approximate surface area is 188 Å². The third kappa shape index (κ3) is 5.65. The number of amides is 4. The number of aromatic nitrogens is 2. The van der Waals surface area contributed by atoms with Crippen molar-refractivity contribution in [1.29, 1.82) is 0 Å². The van der Waals surface area contributed by atoms with Gasteiger partial charge in [-0.05, 0) is 37.1 Å². The van der Waals surface area contributed by atoms with E-state index in [9.17, 15) is 27.6 Å². The highest BCUT2D eigenvalue weighted by Gasteiger charge is 2.39. The number of nitrogens with zero attached hydrogens (tertiary/aromatic N) is 4. The highest BCUT2D eigenvalue weighted by molar-refractivity contribution is 6.09. The minimum absolute atomic E-state index is 0.0218. The van der Waals surface area contributed by atoms with E-state index in [0.717, 1.165) is 41.2 Å². The molecule has 0 atom stereocenters. The average molecular weight is 463 g/mol. The van der Waals surface area contributed by atoms with Gasteiger partial charge in [0.05, 0.1) is 11.1 Å². The van der Waals surface area contributed by atoms with E-state index in [1.807, 2.05) is 0 Å². The number of carbonyl (C=O) groups is 3. The van der Waals surface area contributed by atoms with Crippen LogP contribution in [0, 0.1) is 0 Å². The quantitative estimate of drug-likeness (QED) is 0.629. The fourth-order valence-corrected chi connectivity index (χ4v) is 3.44.